The summed E-state index contributed by atoms with van der Waals surface area (Å²) >= 11 is 0. The molecule has 5 aliphatic carbocycles. The van der Waals surface area contributed by atoms with E-state index in [9.17, 15) is 0 Å². The van der Waals surface area contributed by atoms with Gasteiger partial charge in [0.2, 0.25) is 0 Å². The molecule has 5 aliphatic rings. The van der Waals surface area contributed by atoms with Gasteiger partial charge >= 0.3 is 0 Å². The Morgan fingerprint density at radius 1 is 0.583 bits per heavy atom. The Morgan fingerprint density at radius 3 is 2.00 bits per heavy atom. The lowest BCUT2D eigenvalue weighted by Gasteiger charge is -2.38. The Labute approximate surface area is 285 Å². The molecule has 0 aliphatic heterocycles. The SMILES string of the molecule is C1=CCC(c2ccc(N(C3=CC=C(N(C4=CCCC=C4)C4C=c5ccccc5=CC4)CC3)c3ccc(C4=CCCC=C4)cc3)cc2)C=C1. The Hall–Kier alpha value is -5.08. The maximum atomic E-state index is 2.61. The molecule has 0 bridgehead atoms. The second-order valence-corrected chi connectivity index (χ2v) is 13.4. The summed E-state index contributed by atoms with van der Waals surface area (Å²) in [7, 11) is 0. The maximum absolute atomic E-state index is 2.61. The topological polar surface area (TPSA) is 6.48 Å². The molecular weight excluding hydrogens is 581 g/mol. The minimum Gasteiger partial charge on any atom is -0.338 e. The summed E-state index contributed by atoms with van der Waals surface area (Å²) in [6.45, 7) is 0. The molecule has 3 aromatic carbocycles. The van der Waals surface area contributed by atoms with Crippen molar-refractivity contribution in [3.8, 4) is 0 Å². The molecule has 0 spiro atoms. The van der Waals surface area contributed by atoms with Gasteiger partial charge in [0.15, 0.2) is 0 Å². The lowest BCUT2D eigenvalue weighted by atomic mass is 9.92. The fourth-order valence-electron chi connectivity index (χ4n) is 7.71. The van der Waals surface area contributed by atoms with Crippen molar-refractivity contribution in [2.45, 2.75) is 63.3 Å². The summed E-state index contributed by atoms with van der Waals surface area (Å²) in [6, 6.07) is 27.6. The number of allylic oxidation sites excluding steroid dienone is 15. The molecule has 0 heterocycles. The van der Waals surface area contributed by atoms with Crippen molar-refractivity contribution in [2.24, 2.45) is 0 Å². The van der Waals surface area contributed by atoms with Crippen LogP contribution in [-0.4, -0.2) is 10.9 Å². The molecule has 238 valence electrons. The molecule has 0 saturated carbocycles. The van der Waals surface area contributed by atoms with E-state index in [2.05, 4.69) is 168 Å². The van der Waals surface area contributed by atoms with E-state index < -0.39 is 0 Å². The van der Waals surface area contributed by atoms with E-state index in [0.29, 0.717) is 12.0 Å². The number of nitrogens with zero attached hydrogens (tertiary/aromatic N) is 2. The Balaban J connectivity index is 1.14. The summed E-state index contributed by atoms with van der Waals surface area (Å²) in [5.74, 6) is 0.447. The molecule has 0 saturated heterocycles. The van der Waals surface area contributed by atoms with Crippen LogP contribution in [-0.2, 0) is 0 Å². The molecule has 0 aromatic heterocycles. The Bertz CT molecular complexity index is 2030. The minimum absolute atomic E-state index is 0.304. The van der Waals surface area contributed by atoms with Crippen LogP contribution in [0.25, 0.3) is 17.7 Å². The average molecular weight is 625 g/mol. The van der Waals surface area contributed by atoms with E-state index >= 15 is 0 Å². The normalized spacial score (nSPS) is 21.2. The summed E-state index contributed by atoms with van der Waals surface area (Å²) in [5.41, 5.74) is 10.5. The monoisotopic (exact) mass is 624 g/mol. The van der Waals surface area contributed by atoms with Crippen LogP contribution in [0.1, 0.15) is 68.4 Å². The van der Waals surface area contributed by atoms with Crippen LogP contribution in [0.2, 0.25) is 0 Å². The fraction of sp³-hybridized carbons (Fsp3) is 0.217. The average Bonchev–Trinajstić information content (AvgIpc) is 3.17. The summed E-state index contributed by atoms with van der Waals surface area (Å²) in [4.78, 5) is 5.09. The van der Waals surface area contributed by atoms with E-state index in [0.717, 1.165) is 51.4 Å². The van der Waals surface area contributed by atoms with Crippen molar-refractivity contribution < 1.29 is 0 Å². The lowest BCUT2D eigenvalue weighted by Crippen LogP contribution is -2.39. The minimum atomic E-state index is 0.304. The highest BCUT2D eigenvalue weighted by Gasteiger charge is 2.26. The molecule has 48 heavy (non-hydrogen) atoms. The largest absolute Gasteiger partial charge is 0.338 e. The van der Waals surface area contributed by atoms with E-state index in [1.807, 2.05) is 0 Å². The van der Waals surface area contributed by atoms with Gasteiger partial charge < -0.3 is 9.80 Å². The molecule has 2 heteroatoms. The number of hydrogen-bond acceptors (Lipinski definition) is 2. The first-order chi connectivity index (χ1) is 23.8. The third-order valence-electron chi connectivity index (χ3n) is 10.2. The van der Waals surface area contributed by atoms with E-state index in [1.165, 1.54) is 55.6 Å². The van der Waals surface area contributed by atoms with Crippen molar-refractivity contribution in [2.75, 3.05) is 4.90 Å². The summed E-state index contributed by atoms with van der Waals surface area (Å²) in [5, 5.41) is 2.69. The molecule has 2 atom stereocenters. The van der Waals surface area contributed by atoms with Crippen molar-refractivity contribution >= 4 is 29.1 Å². The number of hydrogen-bond donors (Lipinski definition) is 0. The van der Waals surface area contributed by atoms with Gasteiger partial charge in [-0.2, -0.15) is 0 Å². The van der Waals surface area contributed by atoms with E-state index in [4.69, 9.17) is 0 Å². The van der Waals surface area contributed by atoms with Gasteiger partial charge in [0.25, 0.3) is 0 Å². The van der Waals surface area contributed by atoms with Crippen molar-refractivity contribution in [1.82, 2.24) is 4.90 Å². The molecular formula is C46H44N2. The highest BCUT2D eigenvalue weighted by Crippen LogP contribution is 2.38. The first-order valence-corrected chi connectivity index (χ1v) is 17.8. The van der Waals surface area contributed by atoms with Crippen LogP contribution in [0.4, 0.5) is 11.4 Å². The fourth-order valence-corrected chi connectivity index (χ4v) is 7.71. The van der Waals surface area contributed by atoms with E-state index in [-0.39, 0.29) is 0 Å². The molecule has 3 aromatic rings. The molecule has 8 rings (SSSR count). The second-order valence-electron chi connectivity index (χ2n) is 13.4. The highest BCUT2D eigenvalue weighted by molar-refractivity contribution is 5.77. The predicted molar refractivity (Wildman–Crippen MR) is 204 cm³/mol. The van der Waals surface area contributed by atoms with Crippen LogP contribution in [0.3, 0.4) is 0 Å². The Kier molecular flexibility index (Phi) is 8.80. The summed E-state index contributed by atoms with van der Waals surface area (Å²) in [6.07, 6.45) is 41.1. The number of rotatable bonds is 8. The van der Waals surface area contributed by atoms with Gasteiger partial charge in [-0.3, -0.25) is 0 Å². The predicted octanol–water partition coefficient (Wildman–Crippen LogP) is 10.3. The molecule has 0 radical (unpaired) electrons. The van der Waals surface area contributed by atoms with Gasteiger partial charge in [-0.25, -0.2) is 0 Å². The van der Waals surface area contributed by atoms with Gasteiger partial charge in [0.05, 0.1) is 6.04 Å². The van der Waals surface area contributed by atoms with Gasteiger partial charge in [0, 0.05) is 34.4 Å². The molecule has 0 amide bonds. The molecule has 0 fully saturated rings. The van der Waals surface area contributed by atoms with Crippen LogP contribution in [0.5, 0.6) is 0 Å². The van der Waals surface area contributed by atoms with Crippen molar-refractivity contribution in [3.05, 3.63) is 184 Å². The summed E-state index contributed by atoms with van der Waals surface area (Å²) < 4.78 is 0. The zero-order chi connectivity index (χ0) is 32.1. The quantitative estimate of drug-likeness (QED) is 0.246. The van der Waals surface area contributed by atoms with Gasteiger partial charge in [-0.1, -0.05) is 115 Å². The van der Waals surface area contributed by atoms with Crippen molar-refractivity contribution in [1.29, 1.82) is 0 Å². The van der Waals surface area contributed by atoms with Crippen molar-refractivity contribution in [3.63, 3.8) is 0 Å². The van der Waals surface area contributed by atoms with Gasteiger partial charge in [-0.15, -0.1) is 0 Å². The van der Waals surface area contributed by atoms with Gasteiger partial charge in [0.1, 0.15) is 0 Å². The first kappa shape index (κ1) is 30.3. The Morgan fingerprint density at radius 2 is 1.31 bits per heavy atom. The van der Waals surface area contributed by atoms with E-state index in [1.54, 1.807) is 0 Å². The number of anilines is 2. The molecule has 2 nitrogen and oxygen atoms in total. The third kappa shape index (κ3) is 6.40. The maximum Gasteiger partial charge on any atom is 0.0562 e. The molecule has 2 unspecified atom stereocenters. The van der Waals surface area contributed by atoms with Crippen LogP contribution >= 0.6 is 0 Å². The lowest BCUT2D eigenvalue weighted by molar-refractivity contribution is 0.373. The second kappa shape index (κ2) is 14.0. The molecule has 0 N–H and O–H groups in total. The first-order valence-electron chi connectivity index (χ1n) is 17.8. The van der Waals surface area contributed by atoms with Crippen LogP contribution < -0.4 is 15.3 Å². The number of benzene rings is 3. The zero-order valence-electron chi connectivity index (χ0n) is 27.7. The highest BCUT2D eigenvalue weighted by atomic mass is 15.2. The van der Waals surface area contributed by atoms with Crippen LogP contribution in [0.15, 0.2) is 163 Å². The van der Waals surface area contributed by atoms with Crippen LogP contribution in [0, 0.1) is 0 Å². The number of fused-ring (bicyclic) bond motifs is 1. The standard InChI is InChI=1S/C46H44N2/c1-4-12-35(13-5-1)38-20-25-42(26-21-38)47(43-27-22-39(23-28-43)36-14-6-2-7-15-36)44-30-32-45(33-31-44)48(41-18-8-3-9-19-41)46-29-24-37-16-10-11-17-40(37)34-46/h1,4-6,8,10-12,14-28,30,32,34-35,46H,2-3,7,9,13,29,31,33H2. The smallest absolute Gasteiger partial charge is 0.0562 e. The zero-order valence-corrected chi connectivity index (χ0v) is 27.7. The van der Waals surface area contributed by atoms with Gasteiger partial charge in [-0.05, 0) is 121 Å². The third-order valence-corrected chi connectivity index (χ3v) is 10.2.